The van der Waals surface area contributed by atoms with E-state index >= 15 is 0 Å². The zero-order valence-corrected chi connectivity index (χ0v) is 7.78. The molecule has 0 aromatic heterocycles. The van der Waals surface area contributed by atoms with Gasteiger partial charge in [-0.05, 0) is 23.7 Å². The molecule has 0 bridgehead atoms. The molecule has 0 heterocycles. The fourth-order valence-corrected chi connectivity index (χ4v) is 2.24. The highest BCUT2D eigenvalue weighted by Crippen LogP contribution is 2.51. The highest BCUT2D eigenvalue weighted by molar-refractivity contribution is 4.92. The third-order valence-corrected chi connectivity index (χ3v) is 3.39. The van der Waals surface area contributed by atoms with Gasteiger partial charge in [-0.15, -0.1) is 0 Å². The standard InChI is InChI=1S/C10H20/c1-5-6-9-7-10(3,4)8(9)2/h8-9H,5-7H2,1-4H3. The van der Waals surface area contributed by atoms with Gasteiger partial charge in [0.25, 0.3) is 0 Å². The topological polar surface area (TPSA) is 0 Å². The van der Waals surface area contributed by atoms with Crippen LogP contribution in [0.4, 0.5) is 0 Å². The quantitative estimate of drug-likeness (QED) is 0.551. The second kappa shape index (κ2) is 2.56. The molecule has 0 aromatic rings. The summed E-state index contributed by atoms with van der Waals surface area (Å²) >= 11 is 0. The van der Waals surface area contributed by atoms with Crippen LogP contribution in [0.5, 0.6) is 0 Å². The Morgan fingerprint density at radius 3 is 2.30 bits per heavy atom. The van der Waals surface area contributed by atoms with E-state index < -0.39 is 0 Å². The molecule has 0 radical (unpaired) electrons. The van der Waals surface area contributed by atoms with Gasteiger partial charge in [0.15, 0.2) is 0 Å². The molecule has 0 heteroatoms. The summed E-state index contributed by atoms with van der Waals surface area (Å²) in [5, 5.41) is 0. The van der Waals surface area contributed by atoms with Crippen molar-refractivity contribution < 1.29 is 0 Å². The SMILES string of the molecule is CCCC1CC(C)(C)C1C. The van der Waals surface area contributed by atoms with Gasteiger partial charge in [-0.3, -0.25) is 0 Å². The van der Waals surface area contributed by atoms with E-state index in [1.807, 2.05) is 0 Å². The summed E-state index contributed by atoms with van der Waals surface area (Å²) in [6.45, 7) is 9.48. The molecular formula is C10H20. The number of hydrogen-bond donors (Lipinski definition) is 0. The van der Waals surface area contributed by atoms with E-state index in [-0.39, 0.29) is 0 Å². The molecule has 1 fully saturated rings. The van der Waals surface area contributed by atoms with Gasteiger partial charge in [0, 0.05) is 0 Å². The minimum atomic E-state index is 0.653. The maximum Gasteiger partial charge on any atom is -0.0323 e. The Morgan fingerprint density at radius 1 is 1.40 bits per heavy atom. The Balaban J connectivity index is 2.32. The van der Waals surface area contributed by atoms with Gasteiger partial charge in [0.05, 0.1) is 0 Å². The lowest BCUT2D eigenvalue weighted by molar-refractivity contribution is -0.00246. The smallest absolute Gasteiger partial charge is 0.0323 e. The van der Waals surface area contributed by atoms with Crippen LogP contribution >= 0.6 is 0 Å². The molecule has 0 amide bonds. The average Bonchev–Trinajstić information content (AvgIpc) is 1.87. The first-order valence-electron chi connectivity index (χ1n) is 4.58. The molecule has 1 saturated carbocycles. The fourth-order valence-electron chi connectivity index (χ4n) is 2.24. The Bertz CT molecular complexity index is 113. The molecule has 0 nitrogen and oxygen atoms in total. The minimum Gasteiger partial charge on any atom is -0.0654 e. The largest absolute Gasteiger partial charge is 0.0654 e. The van der Waals surface area contributed by atoms with Gasteiger partial charge < -0.3 is 0 Å². The van der Waals surface area contributed by atoms with Crippen LogP contribution < -0.4 is 0 Å². The zero-order valence-electron chi connectivity index (χ0n) is 7.78. The lowest BCUT2D eigenvalue weighted by Gasteiger charge is -2.50. The Labute approximate surface area is 65.0 Å². The van der Waals surface area contributed by atoms with Crippen molar-refractivity contribution in [1.29, 1.82) is 0 Å². The molecular weight excluding hydrogens is 120 g/mol. The summed E-state index contributed by atoms with van der Waals surface area (Å²) < 4.78 is 0. The molecule has 1 rings (SSSR count). The molecule has 2 atom stereocenters. The predicted octanol–water partition coefficient (Wildman–Crippen LogP) is 3.47. The van der Waals surface area contributed by atoms with Gasteiger partial charge in [0.1, 0.15) is 0 Å². The number of rotatable bonds is 2. The Hall–Kier alpha value is 0. The predicted molar refractivity (Wildman–Crippen MR) is 46.0 cm³/mol. The van der Waals surface area contributed by atoms with E-state index in [0.717, 1.165) is 11.8 Å². The monoisotopic (exact) mass is 140 g/mol. The van der Waals surface area contributed by atoms with Crippen molar-refractivity contribution in [3.8, 4) is 0 Å². The maximum atomic E-state index is 2.41. The van der Waals surface area contributed by atoms with Crippen molar-refractivity contribution in [2.24, 2.45) is 17.3 Å². The van der Waals surface area contributed by atoms with E-state index in [4.69, 9.17) is 0 Å². The van der Waals surface area contributed by atoms with Crippen LogP contribution in [-0.4, -0.2) is 0 Å². The van der Waals surface area contributed by atoms with E-state index in [2.05, 4.69) is 27.7 Å². The highest BCUT2D eigenvalue weighted by Gasteiger charge is 2.42. The molecule has 0 spiro atoms. The molecule has 0 saturated heterocycles. The highest BCUT2D eigenvalue weighted by atomic mass is 14.5. The van der Waals surface area contributed by atoms with E-state index in [9.17, 15) is 0 Å². The summed E-state index contributed by atoms with van der Waals surface area (Å²) in [6.07, 6.45) is 4.28. The van der Waals surface area contributed by atoms with E-state index in [1.54, 1.807) is 0 Å². The van der Waals surface area contributed by atoms with E-state index in [1.165, 1.54) is 19.3 Å². The van der Waals surface area contributed by atoms with Crippen molar-refractivity contribution in [1.82, 2.24) is 0 Å². The zero-order chi connectivity index (χ0) is 7.78. The summed E-state index contributed by atoms with van der Waals surface area (Å²) in [7, 11) is 0. The lowest BCUT2D eigenvalue weighted by atomic mass is 9.55. The van der Waals surface area contributed by atoms with Crippen LogP contribution in [0.25, 0.3) is 0 Å². The molecule has 0 aliphatic heterocycles. The Kier molecular flexibility index (Phi) is 2.07. The fraction of sp³-hybridized carbons (Fsp3) is 1.00. The summed E-state index contributed by atoms with van der Waals surface area (Å²) in [5.74, 6) is 2.01. The van der Waals surface area contributed by atoms with Crippen molar-refractivity contribution in [2.45, 2.75) is 47.0 Å². The molecule has 0 aromatic carbocycles. The van der Waals surface area contributed by atoms with Gasteiger partial charge >= 0.3 is 0 Å². The molecule has 10 heavy (non-hydrogen) atoms. The molecule has 1 aliphatic carbocycles. The second-order valence-electron chi connectivity index (χ2n) is 4.53. The van der Waals surface area contributed by atoms with Crippen LogP contribution in [0.2, 0.25) is 0 Å². The van der Waals surface area contributed by atoms with Crippen LogP contribution in [0, 0.1) is 17.3 Å². The normalized spacial score (nSPS) is 37.2. The van der Waals surface area contributed by atoms with Crippen LogP contribution in [0.1, 0.15) is 47.0 Å². The first-order chi connectivity index (χ1) is 4.58. The van der Waals surface area contributed by atoms with E-state index in [0.29, 0.717) is 5.41 Å². The average molecular weight is 140 g/mol. The van der Waals surface area contributed by atoms with Crippen molar-refractivity contribution in [3.63, 3.8) is 0 Å². The van der Waals surface area contributed by atoms with Gasteiger partial charge in [0.2, 0.25) is 0 Å². The third kappa shape index (κ3) is 1.21. The Morgan fingerprint density at radius 2 is 2.00 bits per heavy atom. The lowest BCUT2D eigenvalue weighted by Crippen LogP contribution is -2.41. The minimum absolute atomic E-state index is 0.653. The molecule has 60 valence electrons. The van der Waals surface area contributed by atoms with Gasteiger partial charge in [-0.25, -0.2) is 0 Å². The molecule has 1 aliphatic rings. The number of hydrogen-bond acceptors (Lipinski definition) is 0. The molecule has 2 unspecified atom stereocenters. The second-order valence-corrected chi connectivity index (χ2v) is 4.53. The van der Waals surface area contributed by atoms with Crippen molar-refractivity contribution in [3.05, 3.63) is 0 Å². The van der Waals surface area contributed by atoms with Crippen LogP contribution in [0.3, 0.4) is 0 Å². The summed E-state index contributed by atoms with van der Waals surface area (Å²) in [6, 6.07) is 0. The van der Waals surface area contributed by atoms with Gasteiger partial charge in [-0.2, -0.15) is 0 Å². The summed E-state index contributed by atoms with van der Waals surface area (Å²) in [5.41, 5.74) is 0.653. The molecule has 0 N–H and O–H groups in total. The maximum absolute atomic E-state index is 2.41. The first kappa shape index (κ1) is 8.10. The van der Waals surface area contributed by atoms with Crippen LogP contribution in [0.15, 0.2) is 0 Å². The van der Waals surface area contributed by atoms with Crippen LogP contribution in [-0.2, 0) is 0 Å². The van der Waals surface area contributed by atoms with Gasteiger partial charge in [-0.1, -0.05) is 40.5 Å². The third-order valence-electron chi connectivity index (χ3n) is 3.39. The van der Waals surface area contributed by atoms with Crippen molar-refractivity contribution >= 4 is 0 Å². The van der Waals surface area contributed by atoms with Crippen molar-refractivity contribution in [2.75, 3.05) is 0 Å². The summed E-state index contributed by atoms with van der Waals surface area (Å²) in [4.78, 5) is 0. The first-order valence-corrected chi connectivity index (χ1v) is 4.58.